The van der Waals surface area contributed by atoms with Crippen LogP contribution in [0.4, 0.5) is 0 Å². The fourth-order valence-electron chi connectivity index (χ4n) is 10.1. The fourth-order valence-corrected chi connectivity index (χ4v) is 10.1. The van der Waals surface area contributed by atoms with Crippen molar-refractivity contribution in [1.29, 1.82) is 0 Å². The Bertz CT molecular complexity index is 1180. The van der Waals surface area contributed by atoms with E-state index in [1.807, 2.05) is 6.08 Å². The minimum atomic E-state index is -0.845. The van der Waals surface area contributed by atoms with Crippen molar-refractivity contribution in [2.24, 2.45) is 0 Å². The van der Waals surface area contributed by atoms with E-state index in [9.17, 15) is 19.8 Å². The Balaban J connectivity index is 3.38. The van der Waals surface area contributed by atoms with Crippen LogP contribution in [0.25, 0.3) is 0 Å². The van der Waals surface area contributed by atoms with E-state index in [1.165, 1.54) is 283 Å². The zero-order valence-corrected chi connectivity index (χ0v) is 49.1. The van der Waals surface area contributed by atoms with Gasteiger partial charge in [-0.25, -0.2) is 0 Å². The molecule has 0 rings (SSSR count). The smallest absolute Gasteiger partial charge is 0.305 e. The highest BCUT2D eigenvalue weighted by atomic mass is 16.5. The number of nitrogens with one attached hydrogen (secondary N) is 1. The van der Waals surface area contributed by atoms with E-state index in [-0.39, 0.29) is 18.5 Å². The van der Waals surface area contributed by atoms with Crippen LogP contribution in [-0.2, 0) is 14.3 Å². The minimum Gasteiger partial charge on any atom is -0.466 e. The van der Waals surface area contributed by atoms with Crippen molar-refractivity contribution in [2.75, 3.05) is 13.2 Å². The molecule has 0 saturated heterocycles. The first-order valence-corrected chi connectivity index (χ1v) is 32.8. The molecule has 0 bridgehead atoms. The van der Waals surface area contributed by atoms with Gasteiger partial charge in [-0.15, -0.1) is 0 Å². The van der Waals surface area contributed by atoms with Crippen molar-refractivity contribution < 1.29 is 24.5 Å². The second-order valence-electron chi connectivity index (χ2n) is 22.5. The van der Waals surface area contributed by atoms with Crippen molar-refractivity contribution >= 4 is 11.9 Å². The number of rotatable bonds is 61. The first kappa shape index (κ1) is 71.1. The Kier molecular flexibility index (Phi) is 61.0. The van der Waals surface area contributed by atoms with Crippen molar-refractivity contribution in [3.8, 4) is 0 Å². The van der Waals surface area contributed by atoms with E-state index in [0.717, 1.165) is 44.9 Å². The summed E-state index contributed by atoms with van der Waals surface area (Å²) in [7, 11) is 0. The first-order chi connectivity index (χ1) is 36.0. The van der Waals surface area contributed by atoms with Crippen molar-refractivity contribution in [2.45, 2.75) is 366 Å². The van der Waals surface area contributed by atoms with Gasteiger partial charge in [0.1, 0.15) is 0 Å². The van der Waals surface area contributed by atoms with Crippen LogP contribution in [0.5, 0.6) is 0 Å². The number of aliphatic hydroxyl groups is 2. The van der Waals surface area contributed by atoms with Crippen LogP contribution in [0.15, 0.2) is 36.5 Å². The molecule has 6 heteroatoms. The molecule has 0 aromatic heterocycles. The summed E-state index contributed by atoms with van der Waals surface area (Å²) in [5.41, 5.74) is 0. The molecule has 0 aliphatic carbocycles. The first-order valence-electron chi connectivity index (χ1n) is 32.8. The van der Waals surface area contributed by atoms with Crippen molar-refractivity contribution in [1.82, 2.24) is 5.32 Å². The third kappa shape index (κ3) is 59.2. The molecule has 73 heavy (non-hydrogen) atoms. The van der Waals surface area contributed by atoms with Crippen LogP contribution in [0.3, 0.4) is 0 Å². The number of hydrogen-bond acceptors (Lipinski definition) is 5. The average Bonchev–Trinajstić information content (AvgIpc) is 3.39. The molecule has 2 atom stereocenters. The molecular formula is C67H127NO5. The van der Waals surface area contributed by atoms with Gasteiger partial charge in [-0.1, -0.05) is 314 Å². The molecule has 2 unspecified atom stereocenters. The number of unbranched alkanes of at least 4 members (excludes halogenated alkanes) is 46. The number of carbonyl (C=O) groups excluding carboxylic acids is 2. The Morgan fingerprint density at radius 1 is 0.384 bits per heavy atom. The quantitative estimate of drug-likeness (QED) is 0.0320. The average molecular weight is 1030 g/mol. The number of hydrogen-bond donors (Lipinski definition) is 3. The number of aliphatic hydroxyl groups excluding tert-OH is 2. The molecule has 430 valence electrons. The monoisotopic (exact) mass is 1030 g/mol. The third-order valence-corrected chi connectivity index (χ3v) is 15.2. The summed E-state index contributed by atoms with van der Waals surface area (Å²) in [6.07, 6.45) is 79.3. The Morgan fingerprint density at radius 3 is 1.04 bits per heavy atom. The van der Waals surface area contributed by atoms with Gasteiger partial charge in [-0.3, -0.25) is 9.59 Å². The van der Waals surface area contributed by atoms with Crippen LogP contribution in [0.1, 0.15) is 354 Å². The van der Waals surface area contributed by atoms with Crippen LogP contribution in [0.2, 0.25) is 0 Å². The second kappa shape index (κ2) is 62.6. The Morgan fingerprint density at radius 2 is 0.685 bits per heavy atom. The van der Waals surface area contributed by atoms with Crippen LogP contribution < -0.4 is 5.32 Å². The number of esters is 1. The molecule has 0 aromatic rings. The number of amides is 1. The molecule has 1 amide bonds. The SMILES string of the molecule is CCCCCCCCCC/C=C/C(O)C(CO)NC(=O)CCCCCCCCCCCCC/C=C\C/C=C\CCCCCCCCCCCOC(=O)CCCCCCCCCCCCCCCCCCCCC. The summed E-state index contributed by atoms with van der Waals surface area (Å²) in [5, 5.41) is 23.0. The van der Waals surface area contributed by atoms with Gasteiger partial charge in [-0.2, -0.15) is 0 Å². The minimum absolute atomic E-state index is 0.0151. The summed E-state index contributed by atoms with van der Waals surface area (Å²) in [5.74, 6) is -0.0574. The molecule has 0 heterocycles. The van der Waals surface area contributed by atoms with E-state index >= 15 is 0 Å². The summed E-state index contributed by atoms with van der Waals surface area (Å²) in [6, 6.07) is -0.629. The highest BCUT2D eigenvalue weighted by Crippen LogP contribution is 2.18. The zero-order valence-electron chi connectivity index (χ0n) is 49.1. The lowest BCUT2D eigenvalue weighted by atomic mass is 10.0. The van der Waals surface area contributed by atoms with Gasteiger partial charge in [0.15, 0.2) is 0 Å². The summed E-state index contributed by atoms with van der Waals surface area (Å²) < 4.78 is 5.50. The fraction of sp³-hybridized carbons (Fsp3) is 0.881. The van der Waals surface area contributed by atoms with E-state index in [1.54, 1.807) is 6.08 Å². The lowest BCUT2D eigenvalue weighted by Gasteiger charge is -2.20. The van der Waals surface area contributed by atoms with Crippen LogP contribution in [0, 0.1) is 0 Å². The largest absolute Gasteiger partial charge is 0.466 e. The van der Waals surface area contributed by atoms with Gasteiger partial charge >= 0.3 is 5.97 Å². The highest BCUT2D eigenvalue weighted by molar-refractivity contribution is 5.76. The molecular weight excluding hydrogens is 899 g/mol. The zero-order chi connectivity index (χ0) is 52.9. The van der Waals surface area contributed by atoms with Gasteiger partial charge in [-0.05, 0) is 64.2 Å². The van der Waals surface area contributed by atoms with Crippen molar-refractivity contribution in [3.63, 3.8) is 0 Å². The van der Waals surface area contributed by atoms with E-state index in [2.05, 4.69) is 43.5 Å². The van der Waals surface area contributed by atoms with Crippen LogP contribution >= 0.6 is 0 Å². The molecule has 0 aromatic carbocycles. The summed E-state index contributed by atoms with van der Waals surface area (Å²) in [6.45, 7) is 4.90. The topological polar surface area (TPSA) is 95.9 Å². The lowest BCUT2D eigenvalue weighted by Crippen LogP contribution is -2.45. The highest BCUT2D eigenvalue weighted by Gasteiger charge is 2.18. The van der Waals surface area contributed by atoms with Crippen molar-refractivity contribution in [3.05, 3.63) is 36.5 Å². The molecule has 0 aliphatic rings. The van der Waals surface area contributed by atoms with Gasteiger partial charge in [0.05, 0.1) is 25.4 Å². The molecule has 0 spiro atoms. The maximum absolute atomic E-state index is 12.4. The maximum Gasteiger partial charge on any atom is 0.305 e. The van der Waals surface area contributed by atoms with Gasteiger partial charge in [0.2, 0.25) is 5.91 Å². The van der Waals surface area contributed by atoms with E-state index in [0.29, 0.717) is 19.4 Å². The number of carbonyl (C=O) groups is 2. The number of ether oxygens (including phenoxy) is 1. The molecule has 6 nitrogen and oxygen atoms in total. The molecule has 0 radical (unpaired) electrons. The second-order valence-corrected chi connectivity index (χ2v) is 22.5. The van der Waals surface area contributed by atoms with Crippen LogP contribution in [-0.4, -0.2) is 47.4 Å². The third-order valence-electron chi connectivity index (χ3n) is 15.2. The normalized spacial score (nSPS) is 12.8. The van der Waals surface area contributed by atoms with Gasteiger partial charge in [0, 0.05) is 12.8 Å². The Labute approximate surface area is 455 Å². The molecule has 3 N–H and O–H groups in total. The number of allylic oxidation sites excluding steroid dienone is 5. The maximum atomic E-state index is 12.4. The lowest BCUT2D eigenvalue weighted by molar-refractivity contribution is -0.143. The molecule has 0 fully saturated rings. The standard InChI is InChI=1S/C67H127NO5/c1-3-5-7-9-11-13-15-16-17-18-28-32-35-38-41-45-49-53-57-61-67(72)73-62-58-54-50-46-42-39-36-33-30-27-25-23-21-19-20-22-24-26-29-31-34-37-40-44-48-52-56-60-66(71)68-64(63-69)65(70)59-55-51-47-43-14-12-10-8-6-4-2/h19-20,23,25,55,59,64-65,69-70H,3-18,21-22,24,26-54,56-58,60-63H2,1-2H3,(H,68,71)/b20-19-,25-23-,59-55+. The van der Waals surface area contributed by atoms with E-state index in [4.69, 9.17) is 4.74 Å². The summed E-state index contributed by atoms with van der Waals surface area (Å²) >= 11 is 0. The van der Waals surface area contributed by atoms with E-state index < -0.39 is 12.1 Å². The molecule has 0 aliphatic heterocycles. The van der Waals surface area contributed by atoms with Gasteiger partial charge in [0.25, 0.3) is 0 Å². The Hall–Kier alpha value is -1.92. The predicted octanol–water partition coefficient (Wildman–Crippen LogP) is 20.8. The predicted molar refractivity (Wildman–Crippen MR) is 319 cm³/mol. The van der Waals surface area contributed by atoms with Gasteiger partial charge < -0.3 is 20.3 Å². The summed E-state index contributed by atoms with van der Waals surface area (Å²) in [4.78, 5) is 24.5. The molecule has 0 saturated carbocycles.